The van der Waals surface area contributed by atoms with Crippen LogP contribution < -0.4 is 14.4 Å². The smallest absolute Gasteiger partial charge is 0.261 e. The van der Waals surface area contributed by atoms with E-state index in [9.17, 15) is 4.79 Å². The molecule has 33 heavy (non-hydrogen) atoms. The van der Waals surface area contributed by atoms with E-state index in [2.05, 4.69) is 19.2 Å². The molecule has 168 valence electrons. The van der Waals surface area contributed by atoms with Crippen LogP contribution in [0, 0.1) is 0 Å². The molecule has 0 unspecified atom stereocenters. The van der Waals surface area contributed by atoms with Gasteiger partial charge in [0.2, 0.25) is 0 Å². The maximum Gasteiger partial charge on any atom is 0.261 e. The van der Waals surface area contributed by atoms with Gasteiger partial charge >= 0.3 is 0 Å². The Bertz CT molecular complexity index is 1260. The number of hydrogen-bond acceptors (Lipinski definition) is 8. The molecule has 4 aromatic rings. The van der Waals surface area contributed by atoms with Crippen molar-refractivity contribution >= 4 is 33.5 Å². The van der Waals surface area contributed by atoms with Crippen LogP contribution in [0.15, 0.2) is 54.9 Å². The minimum atomic E-state index is -0.0964. The van der Waals surface area contributed by atoms with Crippen molar-refractivity contribution in [3.05, 3.63) is 60.4 Å². The highest BCUT2D eigenvalue weighted by Crippen LogP contribution is 2.35. The lowest BCUT2D eigenvalue weighted by Gasteiger charge is -2.35. The van der Waals surface area contributed by atoms with Crippen LogP contribution in [0.1, 0.15) is 10.4 Å². The number of piperazine rings is 1. The number of carbonyl (C=O) groups excluding carboxylic acids is 1. The standard InChI is InChI=1S/C24H23N5O3S/c1-31-17-9-6-10-18(32-2)19(17)24(30)29-13-11-28(12-14-29)23-22-21(25-15-26-23)20(27-33-22)16-7-4-3-5-8-16/h3-10,15H,11-14H2,1-2H3. The average Bonchev–Trinajstić information content (AvgIpc) is 3.33. The Labute approximate surface area is 195 Å². The van der Waals surface area contributed by atoms with E-state index in [4.69, 9.17) is 9.47 Å². The third-order valence-electron chi connectivity index (χ3n) is 5.79. The molecule has 8 nitrogen and oxygen atoms in total. The Morgan fingerprint density at radius 2 is 1.61 bits per heavy atom. The van der Waals surface area contributed by atoms with Crippen LogP contribution in [0.25, 0.3) is 21.5 Å². The number of aromatic nitrogens is 3. The minimum Gasteiger partial charge on any atom is -0.496 e. The molecule has 0 atom stereocenters. The summed E-state index contributed by atoms with van der Waals surface area (Å²) in [6.45, 7) is 2.45. The molecular formula is C24H23N5O3S. The molecule has 9 heteroatoms. The second kappa shape index (κ2) is 9.03. The van der Waals surface area contributed by atoms with Gasteiger partial charge < -0.3 is 19.3 Å². The summed E-state index contributed by atoms with van der Waals surface area (Å²) in [4.78, 5) is 26.4. The lowest BCUT2D eigenvalue weighted by Crippen LogP contribution is -2.49. The lowest BCUT2D eigenvalue weighted by atomic mass is 10.1. The van der Waals surface area contributed by atoms with E-state index in [1.54, 1.807) is 32.7 Å². The van der Waals surface area contributed by atoms with Gasteiger partial charge in [-0.3, -0.25) is 4.79 Å². The Kier molecular flexibility index (Phi) is 5.78. The number of anilines is 1. The predicted octanol–water partition coefficient (Wildman–Crippen LogP) is 3.73. The van der Waals surface area contributed by atoms with Gasteiger partial charge in [0.1, 0.15) is 39.3 Å². The molecule has 1 amide bonds. The van der Waals surface area contributed by atoms with Gasteiger partial charge in [-0.15, -0.1) is 0 Å². The first-order chi connectivity index (χ1) is 16.2. The van der Waals surface area contributed by atoms with Gasteiger partial charge in [-0.1, -0.05) is 36.4 Å². The maximum absolute atomic E-state index is 13.3. The molecule has 1 aliphatic heterocycles. The van der Waals surface area contributed by atoms with E-state index in [1.807, 2.05) is 41.3 Å². The van der Waals surface area contributed by atoms with Crippen molar-refractivity contribution in [1.29, 1.82) is 0 Å². The molecule has 1 fully saturated rings. The molecule has 1 aliphatic rings. The molecular weight excluding hydrogens is 438 g/mol. The summed E-state index contributed by atoms with van der Waals surface area (Å²) in [5.41, 5.74) is 3.22. The van der Waals surface area contributed by atoms with E-state index in [0.29, 0.717) is 43.2 Å². The zero-order valence-electron chi connectivity index (χ0n) is 18.4. The highest BCUT2D eigenvalue weighted by molar-refractivity contribution is 7.14. The van der Waals surface area contributed by atoms with Crippen LogP contribution in [0.5, 0.6) is 11.5 Å². The zero-order valence-corrected chi connectivity index (χ0v) is 19.2. The number of rotatable bonds is 5. The fourth-order valence-corrected chi connectivity index (χ4v) is 4.98. The fraction of sp³-hybridized carbons (Fsp3) is 0.250. The summed E-state index contributed by atoms with van der Waals surface area (Å²) in [5, 5.41) is 0. The van der Waals surface area contributed by atoms with Crippen LogP contribution in [0.4, 0.5) is 5.82 Å². The number of fused-ring (bicyclic) bond motifs is 1. The van der Waals surface area contributed by atoms with Crippen molar-refractivity contribution < 1.29 is 14.3 Å². The number of nitrogens with zero attached hydrogens (tertiary/aromatic N) is 5. The van der Waals surface area contributed by atoms with Gasteiger partial charge in [0.25, 0.3) is 5.91 Å². The van der Waals surface area contributed by atoms with E-state index >= 15 is 0 Å². The van der Waals surface area contributed by atoms with Crippen molar-refractivity contribution in [2.24, 2.45) is 0 Å². The summed E-state index contributed by atoms with van der Waals surface area (Å²) >= 11 is 1.41. The third-order valence-corrected chi connectivity index (χ3v) is 6.63. The normalized spacial score (nSPS) is 13.9. The molecule has 0 N–H and O–H groups in total. The predicted molar refractivity (Wildman–Crippen MR) is 128 cm³/mol. The number of amides is 1. The molecule has 0 aliphatic carbocycles. The van der Waals surface area contributed by atoms with Crippen LogP contribution in [0.3, 0.4) is 0 Å². The molecule has 0 radical (unpaired) electrons. The fourth-order valence-electron chi connectivity index (χ4n) is 4.10. The summed E-state index contributed by atoms with van der Waals surface area (Å²) in [6, 6.07) is 15.4. The first-order valence-electron chi connectivity index (χ1n) is 10.6. The molecule has 2 aromatic heterocycles. The van der Waals surface area contributed by atoms with Gasteiger partial charge in [0, 0.05) is 31.7 Å². The quantitative estimate of drug-likeness (QED) is 0.448. The summed E-state index contributed by atoms with van der Waals surface area (Å²) < 4.78 is 16.5. The highest BCUT2D eigenvalue weighted by Gasteiger charge is 2.28. The van der Waals surface area contributed by atoms with Crippen molar-refractivity contribution in [1.82, 2.24) is 19.2 Å². The number of carbonyl (C=O) groups is 1. The van der Waals surface area contributed by atoms with E-state index in [1.165, 1.54) is 11.5 Å². The Morgan fingerprint density at radius 3 is 2.27 bits per heavy atom. The van der Waals surface area contributed by atoms with Crippen molar-refractivity contribution in [3.8, 4) is 22.8 Å². The SMILES string of the molecule is COc1cccc(OC)c1C(=O)N1CCN(c2ncnc3c(-c4ccccc4)nsc23)CC1. The molecule has 0 saturated carbocycles. The van der Waals surface area contributed by atoms with Gasteiger partial charge in [-0.2, -0.15) is 4.37 Å². The molecule has 3 heterocycles. The first kappa shape index (κ1) is 21.1. The van der Waals surface area contributed by atoms with Crippen molar-refractivity contribution in [2.45, 2.75) is 0 Å². The molecule has 0 bridgehead atoms. The topological polar surface area (TPSA) is 80.7 Å². The maximum atomic E-state index is 13.3. The summed E-state index contributed by atoms with van der Waals surface area (Å²) in [7, 11) is 3.12. The van der Waals surface area contributed by atoms with Crippen LogP contribution in [-0.4, -0.2) is 65.5 Å². The van der Waals surface area contributed by atoms with Gasteiger partial charge in [0.15, 0.2) is 5.82 Å². The molecule has 1 saturated heterocycles. The molecule has 0 spiro atoms. The second-order valence-corrected chi connectivity index (χ2v) is 8.36. The van der Waals surface area contributed by atoms with Gasteiger partial charge in [0.05, 0.1) is 14.2 Å². The lowest BCUT2D eigenvalue weighted by molar-refractivity contribution is 0.0739. The van der Waals surface area contributed by atoms with Crippen molar-refractivity contribution in [3.63, 3.8) is 0 Å². The Balaban J connectivity index is 1.37. The number of benzene rings is 2. The zero-order chi connectivity index (χ0) is 22.8. The van der Waals surface area contributed by atoms with Crippen LogP contribution >= 0.6 is 11.5 Å². The number of methoxy groups -OCH3 is 2. The molecule has 2 aromatic carbocycles. The molecule has 5 rings (SSSR count). The Morgan fingerprint density at radius 1 is 0.909 bits per heavy atom. The average molecular weight is 462 g/mol. The largest absolute Gasteiger partial charge is 0.496 e. The summed E-state index contributed by atoms with van der Waals surface area (Å²) in [5.74, 6) is 1.79. The number of ether oxygens (including phenoxy) is 2. The second-order valence-electron chi connectivity index (χ2n) is 7.59. The van der Waals surface area contributed by atoms with Gasteiger partial charge in [-0.05, 0) is 23.7 Å². The van der Waals surface area contributed by atoms with Crippen molar-refractivity contribution in [2.75, 3.05) is 45.3 Å². The highest BCUT2D eigenvalue weighted by atomic mass is 32.1. The minimum absolute atomic E-state index is 0.0964. The van der Waals surface area contributed by atoms with Crippen LogP contribution in [0.2, 0.25) is 0 Å². The third kappa shape index (κ3) is 3.84. The monoisotopic (exact) mass is 461 g/mol. The number of hydrogen-bond donors (Lipinski definition) is 0. The van der Waals surface area contributed by atoms with E-state index < -0.39 is 0 Å². The van der Waals surface area contributed by atoms with Gasteiger partial charge in [-0.25, -0.2) is 9.97 Å². The van der Waals surface area contributed by atoms with Crippen LogP contribution in [-0.2, 0) is 0 Å². The van der Waals surface area contributed by atoms with E-state index in [-0.39, 0.29) is 5.91 Å². The summed E-state index contributed by atoms with van der Waals surface area (Å²) in [6.07, 6.45) is 1.59. The Hall–Kier alpha value is -3.72. The van der Waals surface area contributed by atoms with E-state index in [0.717, 1.165) is 27.3 Å². The first-order valence-corrected chi connectivity index (χ1v) is 11.4.